The summed E-state index contributed by atoms with van der Waals surface area (Å²) in [4.78, 5) is 14.3. The second-order valence-electron chi connectivity index (χ2n) is 4.47. The van der Waals surface area contributed by atoms with Crippen LogP contribution in [-0.2, 0) is 0 Å². The topological polar surface area (TPSA) is 46.3 Å². The number of nitrogens with zero attached hydrogens (tertiary/aromatic N) is 1. The molecule has 8 heteroatoms. The highest BCUT2D eigenvalue weighted by Gasteiger charge is 2.23. The van der Waals surface area contributed by atoms with Crippen molar-refractivity contribution in [2.45, 2.75) is 0 Å². The number of halogens is 5. The molecule has 0 aliphatic carbocycles. The summed E-state index contributed by atoms with van der Waals surface area (Å²) in [5.74, 6) is -0.348. The molecule has 0 spiro atoms. The van der Waals surface area contributed by atoms with E-state index in [0.717, 1.165) is 0 Å². The molecule has 0 fully saturated rings. The fourth-order valence-corrected chi connectivity index (χ4v) is 3.08. The van der Waals surface area contributed by atoms with Crippen LogP contribution in [-0.4, -0.2) is 19.0 Å². The Morgan fingerprint density at radius 3 is 1.96 bits per heavy atom. The van der Waals surface area contributed by atoms with E-state index in [1.54, 1.807) is 24.3 Å². The zero-order chi connectivity index (χ0) is 16.3. The van der Waals surface area contributed by atoms with Gasteiger partial charge in [-0.15, -0.1) is 12.4 Å². The Labute approximate surface area is 160 Å². The molecule has 0 saturated carbocycles. The van der Waals surface area contributed by atoms with Gasteiger partial charge in [0.15, 0.2) is 0 Å². The maximum Gasteiger partial charge on any atom is 0.261 e. The SMILES string of the molecule is Cl.NCCN(C(=O)c1c(Cl)cc(Cl)cc1Cl)c1ccc(Cl)cc1. The molecule has 2 N–H and O–H groups in total. The Morgan fingerprint density at radius 1 is 0.957 bits per heavy atom. The van der Waals surface area contributed by atoms with E-state index in [-0.39, 0.29) is 40.5 Å². The van der Waals surface area contributed by atoms with E-state index in [0.29, 0.717) is 22.3 Å². The van der Waals surface area contributed by atoms with Gasteiger partial charge in [-0.3, -0.25) is 4.79 Å². The van der Waals surface area contributed by atoms with E-state index < -0.39 is 0 Å². The van der Waals surface area contributed by atoms with Gasteiger partial charge < -0.3 is 10.6 Å². The van der Waals surface area contributed by atoms with Crippen LogP contribution < -0.4 is 10.6 Å². The monoisotopic (exact) mass is 412 g/mol. The normalized spacial score (nSPS) is 10.1. The van der Waals surface area contributed by atoms with Crippen molar-refractivity contribution in [2.24, 2.45) is 5.73 Å². The molecular formula is C15H13Cl5N2O. The minimum atomic E-state index is -0.348. The largest absolute Gasteiger partial charge is 0.329 e. The first-order chi connectivity index (χ1) is 10.4. The highest BCUT2D eigenvalue weighted by atomic mass is 35.5. The number of carbonyl (C=O) groups excluding carboxylic acids is 1. The van der Waals surface area contributed by atoms with Crippen molar-refractivity contribution < 1.29 is 4.79 Å². The van der Waals surface area contributed by atoms with Crippen LogP contribution in [0.25, 0.3) is 0 Å². The van der Waals surface area contributed by atoms with Crippen LogP contribution in [0.5, 0.6) is 0 Å². The molecule has 0 heterocycles. The van der Waals surface area contributed by atoms with Gasteiger partial charge in [-0.2, -0.15) is 0 Å². The number of hydrogen-bond donors (Lipinski definition) is 1. The van der Waals surface area contributed by atoms with Crippen molar-refractivity contribution in [3.05, 3.63) is 62.1 Å². The van der Waals surface area contributed by atoms with Crippen LogP contribution in [0, 0.1) is 0 Å². The summed E-state index contributed by atoms with van der Waals surface area (Å²) in [6, 6.07) is 9.80. The van der Waals surface area contributed by atoms with Gasteiger partial charge in [0, 0.05) is 28.8 Å². The molecular weight excluding hydrogens is 401 g/mol. The van der Waals surface area contributed by atoms with Gasteiger partial charge in [0.25, 0.3) is 5.91 Å². The Morgan fingerprint density at radius 2 is 1.48 bits per heavy atom. The molecule has 0 bridgehead atoms. The van der Waals surface area contributed by atoms with E-state index in [9.17, 15) is 4.79 Å². The molecule has 0 unspecified atom stereocenters. The quantitative estimate of drug-likeness (QED) is 0.735. The van der Waals surface area contributed by atoms with Crippen molar-refractivity contribution in [3.63, 3.8) is 0 Å². The van der Waals surface area contributed by atoms with Crippen molar-refractivity contribution in [3.8, 4) is 0 Å². The minimum Gasteiger partial charge on any atom is -0.329 e. The molecule has 0 aliphatic rings. The van der Waals surface area contributed by atoms with Crippen molar-refractivity contribution in [1.29, 1.82) is 0 Å². The van der Waals surface area contributed by atoms with Gasteiger partial charge in [-0.25, -0.2) is 0 Å². The van der Waals surface area contributed by atoms with Crippen molar-refractivity contribution >= 4 is 70.4 Å². The van der Waals surface area contributed by atoms with Crippen LogP contribution in [0.1, 0.15) is 10.4 Å². The number of anilines is 1. The molecule has 124 valence electrons. The van der Waals surface area contributed by atoms with Gasteiger partial charge in [-0.05, 0) is 36.4 Å². The Kier molecular flexibility index (Phi) is 7.95. The van der Waals surface area contributed by atoms with E-state index in [2.05, 4.69) is 0 Å². The van der Waals surface area contributed by atoms with E-state index >= 15 is 0 Å². The lowest BCUT2D eigenvalue weighted by molar-refractivity contribution is 0.0988. The number of amides is 1. The third-order valence-electron chi connectivity index (χ3n) is 2.96. The number of carbonyl (C=O) groups is 1. The van der Waals surface area contributed by atoms with Crippen molar-refractivity contribution in [2.75, 3.05) is 18.0 Å². The third kappa shape index (κ3) is 4.90. The lowest BCUT2D eigenvalue weighted by Gasteiger charge is -2.23. The second-order valence-corrected chi connectivity index (χ2v) is 6.15. The molecule has 2 aromatic carbocycles. The minimum absolute atomic E-state index is 0. The first-order valence-electron chi connectivity index (χ1n) is 6.36. The van der Waals surface area contributed by atoms with E-state index in [1.165, 1.54) is 17.0 Å². The summed E-state index contributed by atoms with van der Waals surface area (Å²) in [5.41, 5.74) is 6.45. The second kappa shape index (κ2) is 8.97. The summed E-state index contributed by atoms with van der Waals surface area (Å²) >= 11 is 24.0. The maximum absolute atomic E-state index is 12.8. The summed E-state index contributed by atoms with van der Waals surface area (Å²) in [5, 5.41) is 1.33. The standard InChI is InChI=1S/C15H12Cl4N2O.ClH/c16-9-1-3-11(4-2-9)21(6-5-20)15(22)14-12(18)7-10(17)8-13(14)19;/h1-4,7-8H,5-6,20H2;1H. The van der Waals surface area contributed by atoms with Crippen LogP contribution >= 0.6 is 58.8 Å². The lowest BCUT2D eigenvalue weighted by Crippen LogP contribution is -2.35. The molecule has 23 heavy (non-hydrogen) atoms. The van der Waals surface area contributed by atoms with Gasteiger partial charge in [-0.1, -0.05) is 46.4 Å². The van der Waals surface area contributed by atoms with E-state index in [1.807, 2.05) is 0 Å². The average molecular weight is 415 g/mol. The lowest BCUT2D eigenvalue weighted by atomic mass is 10.1. The number of rotatable bonds is 4. The Bertz CT molecular complexity index is 668. The molecule has 0 atom stereocenters. The molecule has 2 rings (SSSR count). The fourth-order valence-electron chi connectivity index (χ4n) is 1.98. The summed E-state index contributed by atoms with van der Waals surface area (Å²) in [6.45, 7) is 0.604. The Hall–Kier alpha value is -0.680. The summed E-state index contributed by atoms with van der Waals surface area (Å²) < 4.78 is 0. The number of hydrogen-bond acceptors (Lipinski definition) is 2. The predicted molar refractivity (Wildman–Crippen MR) is 101 cm³/mol. The fraction of sp³-hybridized carbons (Fsp3) is 0.133. The molecule has 0 aromatic heterocycles. The van der Waals surface area contributed by atoms with Crippen LogP contribution in [0.4, 0.5) is 5.69 Å². The number of nitrogens with two attached hydrogens (primary N) is 1. The maximum atomic E-state index is 12.8. The highest BCUT2D eigenvalue weighted by molar-refractivity contribution is 6.42. The van der Waals surface area contributed by atoms with Gasteiger partial charge in [0.1, 0.15) is 0 Å². The van der Waals surface area contributed by atoms with Gasteiger partial charge >= 0.3 is 0 Å². The first-order valence-corrected chi connectivity index (χ1v) is 7.87. The van der Waals surface area contributed by atoms with Crippen LogP contribution in [0.3, 0.4) is 0 Å². The zero-order valence-electron chi connectivity index (χ0n) is 11.7. The predicted octanol–water partition coefficient (Wildman–Crippen LogP) is 5.33. The highest BCUT2D eigenvalue weighted by Crippen LogP contribution is 2.31. The molecule has 1 amide bonds. The molecule has 3 nitrogen and oxygen atoms in total. The van der Waals surface area contributed by atoms with Crippen LogP contribution in [0.2, 0.25) is 20.1 Å². The summed E-state index contributed by atoms with van der Waals surface area (Å²) in [6.07, 6.45) is 0. The van der Waals surface area contributed by atoms with Gasteiger partial charge in [0.05, 0.1) is 15.6 Å². The number of benzene rings is 2. The zero-order valence-corrected chi connectivity index (χ0v) is 15.6. The molecule has 0 radical (unpaired) electrons. The van der Waals surface area contributed by atoms with Gasteiger partial charge in [0.2, 0.25) is 0 Å². The third-order valence-corrected chi connectivity index (χ3v) is 4.02. The average Bonchev–Trinajstić information content (AvgIpc) is 2.44. The molecule has 2 aromatic rings. The van der Waals surface area contributed by atoms with Crippen molar-refractivity contribution in [1.82, 2.24) is 0 Å². The molecule has 0 aliphatic heterocycles. The smallest absolute Gasteiger partial charge is 0.261 e. The Balaban J connectivity index is 0.00000264. The molecule has 0 saturated heterocycles. The summed E-state index contributed by atoms with van der Waals surface area (Å²) in [7, 11) is 0. The van der Waals surface area contributed by atoms with Crippen LogP contribution in [0.15, 0.2) is 36.4 Å². The first kappa shape index (κ1) is 20.4. The van der Waals surface area contributed by atoms with E-state index in [4.69, 9.17) is 52.1 Å².